The summed E-state index contributed by atoms with van der Waals surface area (Å²) in [5, 5.41) is 11.9. The predicted octanol–water partition coefficient (Wildman–Crippen LogP) is 3.06. The first-order chi connectivity index (χ1) is 9.02. The van der Waals surface area contributed by atoms with Gasteiger partial charge in [0.05, 0.1) is 0 Å². The second kappa shape index (κ2) is 8.61. The van der Waals surface area contributed by atoms with Crippen LogP contribution in [0.4, 0.5) is 0 Å². The van der Waals surface area contributed by atoms with Gasteiger partial charge in [-0.3, -0.25) is 4.79 Å². The Kier molecular flexibility index (Phi) is 7.49. The topological polar surface area (TPSA) is 49.3 Å². The molecule has 0 aliphatic heterocycles. The molecule has 1 aromatic carbocycles. The fourth-order valence-corrected chi connectivity index (χ4v) is 2.53. The quantitative estimate of drug-likeness (QED) is 0.746. The van der Waals surface area contributed by atoms with Crippen LogP contribution in [0.3, 0.4) is 0 Å². The molecule has 0 saturated carbocycles. The summed E-state index contributed by atoms with van der Waals surface area (Å²) >= 11 is 5.06. The Bertz CT molecular complexity index is 397. The third-order valence-corrected chi connectivity index (χ3v) is 4.48. The minimum absolute atomic E-state index is 0.00943. The van der Waals surface area contributed by atoms with E-state index in [2.05, 4.69) is 21.2 Å². The molecule has 2 atom stereocenters. The number of thioether (sulfide) groups is 1. The van der Waals surface area contributed by atoms with Crippen molar-refractivity contribution in [1.82, 2.24) is 5.32 Å². The molecule has 19 heavy (non-hydrogen) atoms. The second-order valence-electron chi connectivity index (χ2n) is 4.57. The zero-order chi connectivity index (χ0) is 14.3. The highest BCUT2D eigenvalue weighted by Crippen LogP contribution is 2.21. The van der Waals surface area contributed by atoms with Gasteiger partial charge in [0, 0.05) is 34.2 Å². The van der Waals surface area contributed by atoms with E-state index < -0.39 is 0 Å². The largest absolute Gasteiger partial charge is 0.396 e. The van der Waals surface area contributed by atoms with E-state index in [1.807, 2.05) is 38.1 Å². The molecule has 106 valence electrons. The van der Waals surface area contributed by atoms with E-state index in [4.69, 9.17) is 5.11 Å². The smallest absolute Gasteiger partial charge is 0.221 e. The molecule has 0 aliphatic rings. The van der Waals surface area contributed by atoms with Crippen LogP contribution in [0.25, 0.3) is 0 Å². The van der Waals surface area contributed by atoms with E-state index in [0.29, 0.717) is 6.42 Å². The fraction of sp³-hybridized carbons (Fsp3) is 0.500. The maximum absolute atomic E-state index is 11.7. The summed E-state index contributed by atoms with van der Waals surface area (Å²) in [5.41, 5.74) is 0. The molecule has 2 N–H and O–H groups in total. The van der Waals surface area contributed by atoms with E-state index in [1.165, 1.54) is 0 Å². The second-order valence-corrected chi connectivity index (χ2v) is 6.65. The van der Waals surface area contributed by atoms with Crippen LogP contribution in [0.15, 0.2) is 33.6 Å². The monoisotopic (exact) mass is 345 g/mol. The number of nitrogens with one attached hydrogen (secondary N) is 1. The number of hydrogen-bond acceptors (Lipinski definition) is 3. The van der Waals surface area contributed by atoms with Crippen LogP contribution in [0.1, 0.15) is 20.3 Å². The van der Waals surface area contributed by atoms with Gasteiger partial charge in [0.25, 0.3) is 0 Å². The number of aliphatic hydroxyl groups is 1. The standard InChI is InChI=1S/C14H20BrNO2S/c1-10(9-17)11(2)16-14(18)7-8-19-13-5-3-12(15)4-6-13/h3-6,10-11,17H,7-9H2,1-2H3,(H,16,18). The fourth-order valence-electron chi connectivity index (χ4n) is 1.42. The average molecular weight is 346 g/mol. The van der Waals surface area contributed by atoms with E-state index >= 15 is 0 Å². The third-order valence-electron chi connectivity index (χ3n) is 2.94. The number of carbonyl (C=O) groups is 1. The van der Waals surface area contributed by atoms with Crippen molar-refractivity contribution >= 4 is 33.6 Å². The van der Waals surface area contributed by atoms with Crippen LogP contribution < -0.4 is 5.32 Å². The molecule has 1 rings (SSSR count). The lowest BCUT2D eigenvalue weighted by molar-refractivity contribution is -0.121. The van der Waals surface area contributed by atoms with Gasteiger partial charge in [-0.1, -0.05) is 22.9 Å². The van der Waals surface area contributed by atoms with Crippen molar-refractivity contribution in [3.63, 3.8) is 0 Å². The molecule has 1 aromatic rings. The third kappa shape index (κ3) is 6.45. The summed E-state index contributed by atoms with van der Waals surface area (Å²) in [6.45, 7) is 3.93. The van der Waals surface area contributed by atoms with Crippen LogP contribution in [-0.2, 0) is 4.79 Å². The Hall–Kier alpha value is -0.520. The van der Waals surface area contributed by atoms with Gasteiger partial charge in [-0.2, -0.15) is 0 Å². The minimum atomic E-state index is 0.00943. The number of benzene rings is 1. The summed E-state index contributed by atoms with van der Waals surface area (Å²) in [5.74, 6) is 0.883. The van der Waals surface area contributed by atoms with Gasteiger partial charge in [-0.15, -0.1) is 11.8 Å². The first-order valence-corrected chi connectivity index (χ1v) is 8.09. The first kappa shape index (κ1) is 16.5. The molecular formula is C14H20BrNO2S. The molecule has 2 unspecified atom stereocenters. The molecule has 0 saturated heterocycles. The van der Waals surface area contributed by atoms with Gasteiger partial charge < -0.3 is 10.4 Å². The van der Waals surface area contributed by atoms with E-state index in [1.54, 1.807) is 11.8 Å². The zero-order valence-corrected chi connectivity index (χ0v) is 13.6. The Morgan fingerprint density at radius 3 is 2.58 bits per heavy atom. The minimum Gasteiger partial charge on any atom is -0.396 e. The van der Waals surface area contributed by atoms with Gasteiger partial charge in [-0.25, -0.2) is 0 Å². The van der Waals surface area contributed by atoms with Crippen molar-refractivity contribution in [2.75, 3.05) is 12.4 Å². The average Bonchev–Trinajstić information content (AvgIpc) is 2.40. The Morgan fingerprint density at radius 2 is 2.00 bits per heavy atom. The van der Waals surface area contributed by atoms with E-state index in [9.17, 15) is 4.79 Å². The highest BCUT2D eigenvalue weighted by atomic mass is 79.9. The number of amides is 1. The SMILES string of the molecule is CC(CO)C(C)NC(=O)CCSc1ccc(Br)cc1. The van der Waals surface area contributed by atoms with Crippen LogP contribution in [0.2, 0.25) is 0 Å². The van der Waals surface area contributed by atoms with Crippen molar-refractivity contribution in [2.24, 2.45) is 5.92 Å². The lowest BCUT2D eigenvalue weighted by Crippen LogP contribution is -2.38. The molecule has 0 aliphatic carbocycles. The predicted molar refractivity (Wildman–Crippen MR) is 83.3 cm³/mol. The summed E-state index contributed by atoms with van der Waals surface area (Å²) in [4.78, 5) is 12.9. The zero-order valence-electron chi connectivity index (χ0n) is 11.2. The van der Waals surface area contributed by atoms with Crippen LogP contribution >= 0.6 is 27.7 Å². The lowest BCUT2D eigenvalue weighted by Gasteiger charge is -2.19. The van der Waals surface area contributed by atoms with E-state index in [0.717, 1.165) is 15.1 Å². The number of rotatable bonds is 7. The van der Waals surface area contributed by atoms with Crippen molar-refractivity contribution < 1.29 is 9.90 Å². The van der Waals surface area contributed by atoms with Crippen molar-refractivity contribution in [1.29, 1.82) is 0 Å². The maximum atomic E-state index is 11.7. The van der Waals surface area contributed by atoms with Crippen LogP contribution in [-0.4, -0.2) is 29.4 Å². The van der Waals surface area contributed by atoms with Crippen molar-refractivity contribution in [2.45, 2.75) is 31.2 Å². The van der Waals surface area contributed by atoms with Gasteiger partial charge in [0.1, 0.15) is 0 Å². The van der Waals surface area contributed by atoms with Gasteiger partial charge in [0.2, 0.25) is 5.91 Å². The number of hydrogen-bond donors (Lipinski definition) is 2. The Balaban J connectivity index is 2.25. The molecule has 0 radical (unpaired) electrons. The normalized spacial score (nSPS) is 13.9. The molecule has 0 bridgehead atoms. The Morgan fingerprint density at radius 1 is 1.37 bits per heavy atom. The molecule has 0 heterocycles. The van der Waals surface area contributed by atoms with Crippen LogP contribution in [0, 0.1) is 5.92 Å². The van der Waals surface area contributed by atoms with Gasteiger partial charge in [-0.05, 0) is 37.1 Å². The highest BCUT2D eigenvalue weighted by Gasteiger charge is 2.13. The number of carbonyl (C=O) groups excluding carboxylic acids is 1. The first-order valence-electron chi connectivity index (χ1n) is 6.31. The van der Waals surface area contributed by atoms with Crippen LogP contribution in [0.5, 0.6) is 0 Å². The molecule has 0 aromatic heterocycles. The molecule has 5 heteroatoms. The molecule has 1 amide bonds. The van der Waals surface area contributed by atoms with Crippen molar-refractivity contribution in [3.05, 3.63) is 28.7 Å². The maximum Gasteiger partial charge on any atom is 0.221 e. The highest BCUT2D eigenvalue weighted by molar-refractivity contribution is 9.10. The Labute approximate surface area is 127 Å². The summed E-state index contributed by atoms with van der Waals surface area (Å²) in [7, 11) is 0. The lowest BCUT2D eigenvalue weighted by atomic mass is 10.1. The number of aliphatic hydroxyl groups excluding tert-OH is 1. The molecule has 0 spiro atoms. The van der Waals surface area contributed by atoms with Crippen molar-refractivity contribution in [3.8, 4) is 0 Å². The molecular weight excluding hydrogens is 326 g/mol. The van der Waals surface area contributed by atoms with Gasteiger partial charge in [0.15, 0.2) is 0 Å². The van der Waals surface area contributed by atoms with Gasteiger partial charge >= 0.3 is 0 Å². The van der Waals surface area contributed by atoms with E-state index in [-0.39, 0.29) is 24.5 Å². The summed E-state index contributed by atoms with van der Waals surface area (Å²) in [6.07, 6.45) is 0.489. The molecule has 3 nitrogen and oxygen atoms in total. The molecule has 0 fully saturated rings. The summed E-state index contributed by atoms with van der Waals surface area (Å²) < 4.78 is 1.06. The number of halogens is 1. The summed E-state index contributed by atoms with van der Waals surface area (Å²) in [6, 6.07) is 8.06.